The molecule has 3 heterocycles. The number of halogens is 2. The zero-order valence-electron chi connectivity index (χ0n) is 22.1. The van der Waals surface area contributed by atoms with Crippen molar-refractivity contribution in [3.05, 3.63) is 48.2 Å². The molecule has 3 fully saturated rings. The number of alkyl halides is 2. The lowest BCUT2D eigenvalue weighted by Crippen LogP contribution is -2.55. The Hall–Kier alpha value is -3.96. The van der Waals surface area contributed by atoms with Crippen molar-refractivity contribution < 1.29 is 27.9 Å². The minimum Gasteiger partial charge on any atom is -0.486 e. The summed E-state index contributed by atoms with van der Waals surface area (Å²) < 4.78 is 36.0. The van der Waals surface area contributed by atoms with Gasteiger partial charge in [-0.1, -0.05) is 6.42 Å². The SMILES string of the molecule is CC(=O)c1nn(CC(=O)N2[C@@H]3C[C@@H]3C[C@H]2C(=O)N[C@H]2CCCCC2(F)F)c2ccc(OCc3ncccn3)cc12. The number of fused-ring (bicyclic) bond motifs is 2. The molecule has 0 spiro atoms. The van der Waals surface area contributed by atoms with E-state index >= 15 is 0 Å². The van der Waals surface area contributed by atoms with E-state index < -0.39 is 23.9 Å². The number of rotatable bonds is 8. The van der Waals surface area contributed by atoms with Crippen molar-refractivity contribution in [2.45, 2.75) is 82.6 Å². The predicted molar refractivity (Wildman–Crippen MR) is 139 cm³/mol. The van der Waals surface area contributed by atoms with Gasteiger partial charge >= 0.3 is 0 Å². The van der Waals surface area contributed by atoms with Gasteiger partial charge in [-0.15, -0.1) is 0 Å². The second-order valence-corrected chi connectivity index (χ2v) is 10.9. The number of amides is 2. The van der Waals surface area contributed by atoms with E-state index in [4.69, 9.17) is 4.74 Å². The summed E-state index contributed by atoms with van der Waals surface area (Å²) in [6.07, 6.45) is 5.55. The number of nitrogens with zero attached hydrogens (tertiary/aromatic N) is 5. The highest BCUT2D eigenvalue weighted by Gasteiger charge is 2.56. The van der Waals surface area contributed by atoms with Gasteiger partial charge in [0.1, 0.15) is 30.6 Å². The van der Waals surface area contributed by atoms with Crippen LogP contribution in [-0.4, -0.2) is 66.3 Å². The third-order valence-electron chi connectivity index (χ3n) is 8.10. The van der Waals surface area contributed by atoms with Gasteiger partial charge in [-0.3, -0.25) is 19.1 Å². The number of carbonyl (C=O) groups is 3. The summed E-state index contributed by atoms with van der Waals surface area (Å²) in [5.74, 6) is -2.88. The van der Waals surface area contributed by atoms with Crippen LogP contribution in [0.1, 0.15) is 61.8 Å². The number of benzene rings is 1. The van der Waals surface area contributed by atoms with Crippen LogP contribution in [0.4, 0.5) is 8.78 Å². The van der Waals surface area contributed by atoms with Crippen LogP contribution < -0.4 is 10.1 Å². The molecule has 1 aromatic carbocycles. The van der Waals surface area contributed by atoms with Crippen LogP contribution in [0.5, 0.6) is 5.75 Å². The maximum absolute atomic E-state index is 14.4. The van der Waals surface area contributed by atoms with Gasteiger partial charge in [0.25, 0.3) is 5.92 Å². The average Bonchev–Trinajstić information content (AvgIpc) is 3.44. The Kier molecular flexibility index (Phi) is 6.71. The minimum atomic E-state index is -2.95. The number of nitrogens with one attached hydrogen (secondary N) is 1. The lowest BCUT2D eigenvalue weighted by molar-refractivity contribution is -0.142. The number of hydrogen-bond donors (Lipinski definition) is 1. The van der Waals surface area contributed by atoms with Crippen LogP contribution in [0.3, 0.4) is 0 Å². The van der Waals surface area contributed by atoms with Gasteiger partial charge in [-0.05, 0) is 55.9 Å². The normalized spacial score (nSPS) is 24.9. The first kappa shape index (κ1) is 26.3. The van der Waals surface area contributed by atoms with Crippen molar-refractivity contribution in [3.8, 4) is 5.75 Å². The highest BCUT2D eigenvalue weighted by atomic mass is 19.3. The van der Waals surface area contributed by atoms with E-state index in [2.05, 4.69) is 20.4 Å². The van der Waals surface area contributed by atoms with Crippen molar-refractivity contribution in [1.29, 1.82) is 0 Å². The second kappa shape index (κ2) is 10.2. The first-order valence-corrected chi connectivity index (χ1v) is 13.6. The molecule has 6 rings (SSSR count). The van der Waals surface area contributed by atoms with Gasteiger partial charge in [0.15, 0.2) is 11.6 Å². The molecule has 4 atom stereocenters. The van der Waals surface area contributed by atoms with E-state index in [9.17, 15) is 23.2 Å². The molecule has 2 amide bonds. The first-order chi connectivity index (χ1) is 19.2. The zero-order chi connectivity index (χ0) is 28.0. The number of likely N-dealkylation sites (tertiary alicyclic amines) is 1. The molecule has 0 unspecified atom stereocenters. The van der Waals surface area contributed by atoms with Gasteiger partial charge in [0.2, 0.25) is 11.8 Å². The largest absolute Gasteiger partial charge is 0.486 e. The molecule has 2 aromatic heterocycles. The smallest absolute Gasteiger partial charge is 0.267 e. The summed E-state index contributed by atoms with van der Waals surface area (Å²) in [5.41, 5.74) is 0.764. The Balaban J connectivity index is 1.19. The molecular weight excluding hydrogens is 522 g/mol. The van der Waals surface area contributed by atoms with Gasteiger partial charge in [-0.25, -0.2) is 18.7 Å². The Morgan fingerprint density at radius 3 is 2.70 bits per heavy atom. The van der Waals surface area contributed by atoms with E-state index in [1.807, 2.05) is 0 Å². The second-order valence-electron chi connectivity index (χ2n) is 10.9. The molecule has 3 aliphatic rings. The Labute approximate surface area is 229 Å². The van der Waals surface area contributed by atoms with Crippen molar-refractivity contribution in [2.75, 3.05) is 0 Å². The number of hydrogen-bond acceptors (Lipinski definition) is 7. The third kappa shape index (κ3) is 5.02. The molecule has 40 heavy (non-hydrogen) atoms. The molecule has 3 aromatic rings. The molecule has 2 aliphatic carbocycles. The summed E-state index contributed by atoms with van der Waals surface area (Å²) in [7, 11) is 0. The van der Waals surface area contributed by atoms with E-state index in [1.165, 1.54) is 11.6 Å². The van der Waals surface area contributed by atoms with Gasteiger partial charge < -0.3 is 15.0 Å². The van der Waals surface area contributed by atoms with E-state index in [0.717, 1.165) is 6.42 Å². The summed E-state index contributed by atoms with van der Waals surface area (Å²) in [4.78, 5) is 48.9. The summed E-state index contributed by atoms with van der Waals surface area (Å²) in [6, 6.07) is 4.76. The molecule has 210 valence electrons. The fourth-order valence-corrected chi connectivity index (χ4v) is 5.98. The fourth-order valence-electron chi connectivity index (χ4n) is 5.98. The summed E-state index contributed by atoms with van der Waals surface area (Å²) in [6.45, 7) is 1.35. The van der Waals surface area contributed by atoms with E-state index in [1.54, 1.807) is 41.6 Å². The minimum absolute atomic E-state index is 0.0792. The highest BCUT2D eigenvalue weighted by Crippen LogP contribution is 2.48. The number of ether oxygens (including phenoxy) is 1. The lowest BCUT2D eigenvalue weighted by atomic mass is 9.91. The number of piperidine rings is 1. The van der Waals surface area contributed by atoms with Crippen molar-refractivity contribution >= 4 is 28.5 Å². The zero-order valence-corrected chi connectivity index (χ0v) is 22.1. The number of Topliss-reactive ketones (excluding diaryl/α,β-unsaturated/α-hetero) is 1. The third-order valence-corrected chi connectivity index (χ3v) is 8.10. The molecule has 2 saturated carbocycles. The number of carbonyl (C=O) groups excluding carboxylic acids is 3. The molecule has 0 radical (unpaired) electrons. The van der Waals surface area contributed by atoms with E-state index in [0.29, 0.717) is 41.7 Å². The molecule has 10 nitrogen and oxygen atoms in total. The van der Waals surface area contributed by atoms with Gasteiger partial charge in [0.05, 0.1) is 11.6 Å². The van der Waals surface area contributed by atoms with Crippen molar-refractivity contribution in [2.24, 2.45) is 5.92 Å². The van der Waals surface area contributed by atoms with Crippen molar-refractivity contribution in [1.82, 2.24) is 30.0 Å². The number of ketones is 1. The molecule has 1 N–H and O–H groups in total. The van der Waals surface area contributed by atoms with Crippen LogP contribution in [0, 0.1) is 5.92 Å². The Bertz CT molecular complexity index is 1460. The molecule has 1 aliphatic heterocycles. The lowest BCUT2D eigenvalue weighted by Gasteiger charge is -2.34. The quantitative estimate of drug-likeness (QED) is 0.426. The molecule has 0 bridgehead atoms. The predicted octanol–water partition coefficient (Wildman–Crippen LogP) is 3.29. The van der Waals surface area contributed by atoms with Crippen LogP contribution in [-0.2, 0) is 22.7 Å². The molecular formula is C28H30F2N6O4. The van der Waals surface area contributed by atoms with Crippen LogP contribution in [0.2, 0.25) is 0 Å². The molecule has 12 heteroatoms. The Morgan fingerprint density at radius 1 is 1.15 bits per heavy atom. The maximum Gasteiger partial charge on any atom is 0.267 e. The summed E-state index contributed by atoms with van der Waals surface area (Å²) in [5, 5.41) is 7.50. The van der Waals surface area contributed by atoms with Gasteiger partial charge in [0, 0.05) is 37.2 Å². The van der Waals surface area contributed by atoms with Crippen LogP contribution in [0.15, 0.2) is 36.7 Å². The maximum atomic E-state index is 14.4. The van der Waals surface area contributed by atoms with Crippen molar-refractivity contribution in [3.63, 3.8) is 0 Å². The van der Waals surface area contributed by atoms with E-state index in [-0.39, 0.29) is 55.3 Å². The topological polar surface area (TPSA) is 119 Å². The van der Waals surface area contributed by atoms with Crippen LogP contribution >= 0.6 is 0 Å². The standard InChI is InChI=1S/C28H30F2N6O4/c1-16(37)26-19-13-18(40-15-24-31-9-4-10-32-24)6-7-20(19)35(34-26)14-25(38)36-21-11-17(21)12-22(36)27(39)33-23-5-2-3-8-28(23,29)30/h4,6-7,9-10,13,17,21-23H,2-3,5,8,11-12,14-15H2,1H3,(H,33,39)/t17-,21-,22+,23+/m1/s1. The van der Waals surface area contributed by atoms with Gasteiger partial charge in [-0.2, -0.15) is 5.10 Å². The number of aromatic nitrogens is 4. The summed E-state index contributed by atoms with van der Waals surface area (Å²) >= 11 is 0. The monoisotopic (exact) mass is 552 g/mol. The average molecular weight is 553 g/mol. The highest BCUT2D eigenvalue weighted by molar-refractivity contribution is 6.05. The van der Waals surface area contributed by atoms with Crippen LogP contribution in [0.25, 0.3) is 10.9 Å². The Morgan fingerprint density at radius 2 is 1.95 bits per heavy atom. The molecule has 1 saturated heterocycles. The first-order valence-electron chi connectivity index (χ1n) is 13.6. The fraction of sp³-hybridized carbons (Fsp3) is 0.500.